The van der Waals surface area contributed by atoms with Crippen LogP contribution in [0.3, 0.4) is 0 Å². The maximum atomic E-state index is 13.0. The standard InChI is InChI=1S/C18H19FN2O3/c1-11(2)16-10-24-17-15(21(16)18(22)23)8-13(9-20-17)7-12-3-5-14(19)6-4-12/h3-6,8-9,11,16H,7,10H2,1-2H3,(H,22,23)/t16-/m1/s1. The largest absolute Gasteiger partial charge is 0.474 e. The molecule has 1 aromatic carbocycles. The topological polar surface area (TPSA) is 62.7 Å². The Hall–Kier alpha value is -2.63. The lowest BCUT2D eigenvalue weighted by Gasteiger charge is -2.36. The van der Waals surface area contributed by atoms with E-state index in [-0.39, 0.29) is 17.8 Å². The lowest BCUT2D eigenvalue weighted by Crippen LogP contribution is -2.49. The summed E-state index contributed by atoms with van der Waals surface area (Å²) in [7, 11) is 0. The summed E-state index contributed by atoms with van der Waals surface area (Å²) in [5.41, 5.74) is 2.24. The predicted octanol–water partition coefficient (Wildman–Crippen LogP) is 3.71. The minimum absolute atomic E-state index is 0.120. The summed E-state index contributed by atoms with van der Waals surface area (Å²) in [4.78, 5) is 17.3. The summed E-state index contributed by atoms with van der Waals surface area (Å²) in [6.45, 7) is 4.22. The number of amides is 1. The third-order valence-corrected chi connectivity index (χ3v) is 4.17. The molecule has 0 spiro atoms. The number of nitrogens with zero attached hydrogens (tertiary/aromatic N) is 2. The van der Waals surface area contributed by atoms with E-state index in [0.29, 0.717) is 24.6 Å². The summed E-state index contributed by atoms with van der Waals surface area (Å²) >= 11 is 0. The number of hydrogen-bond acceptors (Lipinski definition) is 3. The number of anilines is 1. The summed E-state index contributed by atoms with van der Waals surface area (Å²) in [6.07, 6.45) is 1.19. The molecular weight excluding hydrogens is 311 g/mol. The van der Waals surface area contributed by atoms with Gasteiger partial charge in [0.1, 0.15) is 18.1 Å². The van der Waals surface area contributed by atoms with Crippen molar-refractivity contribution in [2.75, 3.05) is 11.5 Å². The zero-order valence-electron chi connectivity index (χ0n) is 13.6. The highest BCUT2D eigenvalue weighted by Crippen LogP contribution is 2.35. The van der Waals surface area contributed by atoms with Gasteiger partial charge in [0.25, 0.3) is 0 Å². The van der Waals surface area contributed by atoms with Crippen LogP contribution < -0.4 is 9.64 Å². The lowest BCUT2D eigenvalue weighted by atomic mass is 10.0. The normalized spacial score (nSPS) is 16.7. The fourth-order valence-electron chi connectivity index (χ4n) is 2.85. The molecule has 0 aliphatic carbocycles. The second kappa shape index (κ2) is 6.47. The van der Waals surface area contributed by atoms with Gasteiger partial charge in [-0.25, -0.2) is 14.2 Å². The Bertz CT molecular complexity index is 746. The molecule has 0 saturated heterocycles. The molecule has 24 heavy (non-hydrogen) atoms. The Morgan fingerprint density at radius 1 is 1.38 bits per heavy atom. The van der Waals surface area contributed by atoms with Gasteiger partial charge in [-0.2, -0.15) is 0 Å². The van der Waals surface area contributed by atoms with E-state index in [1.54, 1.807) is 24.4 Å². The number of carbonyl (C=O) groups is 1. The van der Waals surface area contributed by atoms with E-state index in [0.717, 1.165) is 11.1 Å². The molecule has 3 rings (SSSR count). The molecule has 0 bridgehead atoms. The molecule has 0 radical (unpaired) electrons. The molecule has 2 aromatic rings. The molecule has 0 fully saturated rings. The number of benzene rings is 1. The van der Waals surface area contributed by atoms with Crippen LogP contribution in [0.4, 0.5) is 14.9 Å². The minimum atomic E-state index is -1.01. The molecule has 0 saturated carbocycles. The van der Waals surface area contributed by atoms with E-state index in [2.05, 4.69) is 4.98 Å². The molecule has 126 valence electrons. The van der Waals surface area contributed by atoms with E-state index < -0.39 is 6.09 Å². The number of aromatic nitrogens is 1. The van der Waals surface area contributed by atoms with Crippen molar-refractivity contribution in [3.05, 3.63) is 53.5 Å². The van der Waals surface area contributed by atoms with Crippen LogP contribution in [-0.4, -0.2) is 28.8 Å². The Labute approximate surface area is 139 Å². The van der Waals surface area contributed by atoms with Gasteiger partial charge in [-0.15, -0.1) is 0 Å². The van der Waals surface area contributed by atoms with Gasteiger partial charge in [0, 0.05) is 6.20 Å². The number of pyridine rings is 1. The van der Waals surface area contributed by atoms with E-state index in [4.69, 9.17) is 4.74 Å². The van der Waals surface area contributed by atoms with E-state index in [1.165, 1.54) is 17.0 Å². The SMILES string of the molecule is CC(C)[C@H]1COc2ncc(Cc3ccc(F)cc3)cc2N1C(=O)O. The first kappa shape index (κ1) is 16.2. The maximum absolute atomic E-state index is 13.0. The summed E-state index contributed by atoms with van der Waals surface area (Å²) in [5.74, 6) is 0.166. The highest BCUT2D eigenvalue weighted by molar-refractivity contribution is 5.89. The number of halogens is 1. The summed E-state index contributed by atoms with van der Waals surface area (Å²) in [6, 6.07) is 7.76. The predicted molar refractivity (Wildman–Crippen MR) is 88.1 cm³/mol. The number of ether oxygens (including phenoxy) is 1. The second-order valence-electron chi connectivity index (χ2n) is 6.25. The fraction of sp³-hybridized carbons (Fsp3) is 0.333. The molecular formula is C18H19FN2O3. The van der Waals surface area contributed by atoms with Gasteiger partial charge in [-0.3, -0.25) is 4.90 Å². The van der Waals surface area contributed by atoms with Crippen molar-refractivity contribution in [2.45, 2.75) is 26.3 Å². The number of rotatable bonds is 3. The first-order chi connectivity index (χ1) is 11.5. The zero-order valence-corrected chi connectivity index (χ0v) is 13.6. The van der Waals surface area contributed by atoms with Crippen molar-refractivity contribution < 1.29 is 19.0 Å². The van der Waals surface area contributed by atoms with Crippen molar-refractivity contribution in [3.8, 4) is 5.88 Å². The van der Waals surface area contributed by atoms with Gasteiger partial charge in [0.05, 0.1) is 6.04 Å². The first-order valence-corrected chi connectivity index (χ1v) is 7.84. The Morgan fingerprint density at radius 2 is 2.08 bits per heavy atom. The molecule has 1 atom stereocenters. The van der Waals surface area contributed by atoms with Gasteiger partial charge in [0.15, 0.2) is 0 Å². The highest BCUT2D eigenvalue weighted by atomic mass is 19.1. The fourth-order valence-corrected chi connectivity index (χ4v) is 2.85. The molecule has 5 nitrogen and oxygen atoms in total. The van der Waals surface area contributed by atoms with Crippen molar-refractivity contribution >= 4 is 11.8 Å². The summed E-state index contributed by atoms with van der Waals surface area (Å²) < 4.78 is 18.6. The Morgan fingerprint density at radius 3 is 2.71 bits per heavy atom. The first-order valence-electron chi connectivity index (χ1n) is 7.84. The van der Waals surface area contributed by atoms with Crippen molar-refractivity contribution in [1.82, 2.24) is 4.98 Å². The third kappa shape index (κ3) is 3.18. The highest BCUT2D eigenvalue weighted by Gasteiger charge is 2.35. The number of hydrogen-bond donors (Lipinski definition) is 1. The van der Waals surface area contributed by atoms with E-state index >= 15 is 0 Å². The van der Waals surface area contributed by atoms with Crippen LogP contribution >= 0.6 is 0 Å². The zero-order chi connectivity index (χ0) is 17.3. The Kier molecular flexibility index (Phi) is 4.38. The molecule has 2 heterocycles. The molecule has 1 amide bonds. The van der Waals surface area contributed by atoms with E-state index in [9.17, 15) is 14.3 Å². The van der Waals surface area contributed by atoms with Gasteiger partial charge >= 0.3 is 6.09 Å². The maximum Gasteiger partial charge on any atom is 0.412 e. The lowest BCUT2D eigenvalue weighted by molar-refractivity contribution is 0.177. The van der Waals surface area contributed by atoms with Crippen LogP contribution in [0.5, 0.6) is 5.88 Å². The van der Waals surface area contributed by atoms with Gasteiger partial charge in [-0.1, -0.05) is 26.0 Å². The van der Waals surface area contributed by atoms with Gasteiger partial charge in [0.2, 0.25) is 5.88 Å². The van der Waals surface area contributed by atoms with Crippen LogP contribution in [0.2, 0.25) is 0 Å². The smallest absolute Gasteiger partial charge is 0.412 e. The minimum Gasteiger partial charge on any atom is -0.474 e. The number of carboxylic acid groups (broad SMARTS) is 1. The van der Waals surface area contributed by atoms with Crippen LogP contribution in [0, 0.1) is 11.7 Å². The van der Waals surface area contributed by atoms with Crippen molar-refractivity contribution in [3.63, 3.8) is 0 Å². The molecule has 1 aromatic heterocycles. The van der Waals surface area contributed by atoms with Crippen molar-refractivity contribution in [2.24, 2.45) is 5.92 Å². The average molecular weight is 330 g/mol. The number of fused-ring (bicyclic) bond motifs is 1. The van der Waals surface area contributed by atoms with Crippen LogP contribution in [0.1, 0.15) is 25.0 Å². The molecule has 1 aliphatic heterocycles. The quantitative estimate of drug-likeness (QED) is 0.932. The van der Waals surface area contributed by atoms with Gasteiger partial charge in [-0.05, 0) is 41.7 Å². The van der Waals surface area contributed by atoms with Gasteiger partial charge < -0.3 is 9.84 Å². The second-order valence-corrected chi connectivity index (χ2v) is 6.25. The van der Waals surface area contributed by atoms with Crippen molar-refractivity contribution in [1.29, 1.82) is 0 Å². The van der Waals surface area contributed by atoms with E-state index in [1.807, 2.05) is 13.8 Å². The Balaban J connectivity index is 1.93. The summed E-state index contributed by atoms with van der Waals surface area (Å²) in [5, 5.41) is 9.62. The van der Waals surface area contributed by atoms with Crippen LogP contribution in [-0.2, 0) is 6.42 Å². The average Bonchev–Trinajstić information content (AvgIpc) is 2.55. The third-order valence-electron chi connectivity index (χ3n) is 4.17. The monoisotopic (exact) mass is 330 g/mol. The molecule has 0 unspecified atom stereocenters. The molecule has 6 heteroatoms. The van der Waals surface area contributed by atoms with Crippen LogP contribution in [0.25, 0.3) is 0 Å². The molecule has 1 N–H and O–H groups in total. The van der Waals surface area contributed by atoms with Crippen LogP contribution in [0.15, 0.2) is 36.5 Å². The molecule has 1 aliphatic rings.